The van der Waals surface area contributed by atoms with E-state index in [1.54, 1.807) is 0 Å². The molecule has 2 heterocycles. The smallest absolute Gasteiger partial charge is 0.151 e. The van der Waals surface area contributed by atoms with Gasteiger partial charge in [0.15, 0.2) is 6.23 Å². The van der Waals surface area contributed by atoms with Gasteiger partial charge < -0.3 is 4.74 Å². The van der Waals surface area contributed by atoms with Crippen molar-refractivity contribution in [1.82, 2.24) is 9.78 Å². The predicted octanol–water partition coefficient (Wildman–Crippen LogP) is 3.08. The molecule has 1 unspecified atom stereocenters. The topological polar surface area (TPSA) is 27.1 Å². The van der Waals surface area contributed by atoms with Gasteiger partial charge in [-0.05, 0) is 41.3 Å². The van der Waals surface area contributed by atoms with Gasteiger partial charge in [0.05, 0.1) is 11.6 Å². The highest BCUT2D eigenvalue weighted by atomic mass is 79.9. The molecule has 3 nitrogen and oxygen atoms in total. The van der Waals surface area contributed by atoms with Gasteiger partial charge in [0, 0.05) is 6.61 Å². The van der Waals surface area contributed by atoms with Gasteiger partial charge in [0.1, 0.15) is 4.60 Å². The number of halogens is 2. The molecule has 0 N–H and O–H groups in total. The quantitative estimate of drug-likeness (QED) is 0.778. The minimum absolute atomic E-state index is 0.0788. The zero-order valence-electron chi connectivity index (χ0n) is 7.75. The molecule has 1 atom stereocenters. The highest BCUT2D eigenvalue weighted by molar-refractivity contribution is 9.10. The van der Waals surface area contributed by atoms with Crippen LogP contribution in [0.4, 0.5) is 0 Å². The molecule has 0 bridgehead atoms. The van der Waals surface area contributed by atoms with E-state index in [1.165, 1.54) is 6.42 Å². The maximum Gasteiger partial charge on any atom is 0.151 e. The third-order valence-corrected chi connectivity index (χ3v) is 3.17. The van der Waals surface area contributed by atoms with Crippen LogP contribution in [0.1, 0.15) is 31.2 Å². The van der Waals surface area contributed by atoms with Crippen LogP contribution in [0.2, 0.25) is 0 Å². The van der Waals surface area contributed by atoms with Crippen molar-refractivity contribution < 1.29 is 4.74 Å². The lowest BCUT2D eigenvalue weighted by atomic mass is 10.2. The number of alkyl halides is 1. The number of aromatic nitrogens is 2. The van der Waals surface area contributed by atoms with Gasteiger partial charge >= 0.3 is 0 Å². The summed E-state index contributed by atoms with van der Waals surface area (Å²) in [6, 6.07) is 1.94. The van der Waals surface area contributed by atoms with Crippen LogP contribution in [0, 0.1) is 0 Å². The fourth-order valence-corrected chi connectivity index (χ4v) is 2.31. The molecular formula is C9H12BrClN2O. The van der Waals surface area contributed by atoms with Crippen molar-refractivity contribution in [2.75, 3.05) is 6.61 Å². The Morgan fingerprint density at radius 3 is 3.07 bits per heavy atom. The summed E-state index contributed by atoms with van der Waals surface area (Å²) in [4.78, 5) is 0. The summed E-state index contributed by atoms with van der Waals surface area (Å²) in [5, 5.41) is 4.36. The zero-order valence-corrected chi connectivity index (χ0v) is 10.1. The van der Waals surface area contributed by atoms with E-state index in [0.29, 0.717) is 5.88 Å². The first kappa shape index (κ1) is 10.5. The third-order valence-electron chi connectivity index (χ3n) is 2.31. The van der Waals surface area contributed by atoms with Crippen LogP contribution in [0.3, 0.4) is 0 Å². The summed E-state index contributed by atoms with van der Waals surface area (Å²) in [5.41, 5.74) is 0.882. The van der Waals surface area contributed by atoms with E-state index in [4.69, 9.17) is 16.3 Å². The third kappa shape index (κ3) is 2.12. The van der Waals surface area contributed by atoms with Crippen molar-refractivity contribution >= 4 is 27.5 Å². The molecule has 0 radical (unpaired) electrons. The molecule has 14 heavy (non-hydrogen) atoms. The summed E-state index contributed by atoms with van der Waals surface area (Å²) >= 11 is 9.17. The summed E-state index contributed by atoms with van der Waals surface area (Å²) < 4.78 is 8.45. The number of hydrogen-bond acceptors (Lipinski definition) is 2. The SMILES string of the molecule is ClCc1cc(Br)n(C2CCCCO2)n1. The van der Waals surface area contributed by atoms with Crippen LogP contribution in [0.5, 0.6) is 0 Å². The fraction of sp³-hybridized carbons (Fsp3) is 0.667. The van der Waals surface area contributed by atoms with E-state index >= 15 is 0 Å². The Bertz CT molecular complexity index is 310. The molecular weight excluding hydrogens is 267 g/mol. The van der Waals surface area contributed by atoms with Gasteiger partial charge in [-0.1, -0.05) is 0 Å². The number of nitrogens with zero attached hydrogens (tertiary/aromatic N) is 2. The van der Waals surface area contributed by atoms with Crippen molar-refractivity contribution in [2.24, 2.45) is 0 Å². The van der Waals surface area contributed by atoms with E-state index in [-0.39, 0.29) is 6.23 Å². The van der Waals surface area contributed by atoms with Crippen LogP contribution in [-0.2, 0) is 10.6 Å². The van der Waals surface area contributed by atoms with Crippen LogP contribution < -0.4 is 0 Å². The molecule has 1 aromatic rings. The first-order chi connectivity index (χ1) is 6.81. The van der Waals surface area contributed by atoms with Crippen LogP contribution >= 0.6 is 27.5 Å². The number of ether oxygens (including phenoxy) is 1. The largest absolute Gasteiger partial charge is 0.356 e. The maximum absolute atomic E-state index is 5.71. The normalized spacial score (nSPS) is 22.6. The lowest BCUT2D eigenvalue weighted by Gasteiger charge is -2.23. The number of rotatable bonds is 2. The second-order valence-electron chi connectivity index (χ2n) is 3.36. The molecule has 1 aliphatic rings. The average molecular weight is 280 g/mol. The monoisotopic (exact) mass is 278 g/mol. The molecule has 1 aromatic heterocycles. The van der Waals surface area contributed by atoms with Gasteiger partial charge in [-0.25, -0.2) is 4.68 Å². The maximum atomic E-state index is 5.71. The molecule has 0 aliphatic carbocycles. The molecule has 0 amide bonds. The van der Waals surface area contributed by atoms with Crippen molar-refractivity contribution in [3.63, 3.8) is 0 Å². The van der Waals surface area contributed by atoms with Crippen molar-refractivity contribution in [2.45, 2.75) is 31.4 Å². The summed E-state index contributed by atoms with van der Waals surface area (Å²) in [6.45, 7) is 0.827. The van der Waals surface area contributed by atoms with Gasteiger partial charge in [-0.3, -0.25) is 0 Å². The molecule has 1 saturated heterocycles. The summed E-state index contributed by atoms with van der Waals surface area (Å²) in [7, 11) is 0. The molecule has 0 spiro atoms. The van der Waals surface area contributed by atoms with E-state index in [2.05, 4.69) is 21.0 Å². The van der Waals surface area contributed by atoms with Gasteiger partial charge in [0.25, 0.3) is 0 Å². The second-order valence-corrected chi connectivity index (χ2v) is 4.44. The minimum Gasteiger partial charge on any atom is -0.356 e. The average Bonchev–Trinajstić information content (AvgIpc) is 2.61. The standard InChI is InChI=1S/C9H12BrClN2O/c10-8-5-7(6-11)12-13(8)9-3-1-2-4-14-9/h5,9H,1-4,6H2. The molecule has 0 saturated carbocycles. The Kier molecular flexibility index (Phi) is 3.47. The van der Waals surface area contributed by atoms with E-state index < -0.39 is 0 Å². The Hall–Kier alpha value is -0.0600. The minimum atomic E-state index is 0.0788. The van der Waals surface area contributed by atoms with Gasteiger partial charge in [0.2, 0.25) is 0 Å². The number of hydrogen-bond donors (Lipinski definition) is 0. The highest BCUT2D eigenvalue weighted by Crippen LogP contribution is 2.26. The molecule has 1 fully saturated rings. The van der Waals surface area contributed by atoms with Crippen LogP contribution in [-0.4, -0.2) is 16.4 Å². The summed E-state index contributed by atoms with van der Waals surface area (Å²) in [6.07, 6.45) is 3.46. The Morgan fingerprint density at radius 2 is 2.50 bits per heavy atom. The zero-order chi connectivity index (χ0) is 9.97. The van der Waals surface area contributed by atoms with E-state index in [0.717, 1.165) is 29.7 Å². The van der Waals surface area contributed by atoms with Gasteiger partial charge in [-0.2, -0.15) is 5.10 Å². The molecule has 2 rings (SSSR count). The lowest BCUT2D eigenvalue weighted by Crippen LogP contribution is -2.19. The van der Waals surface area contributed by atoms with Gasteiger partial charge in [-0.15, -0.1) is 11.6 Å². The van der Waals surface area contributed by atoms with Crippen LogP contribution in [0.25, 0.3) is 0 Å². The van der Waals surface area contributed by atoms with Crippen molar-refractivity contribution in [1.29, 1.82) is 0 Å². The van der Waals surface area contributed by atoms with Crippen LogP contribution in [0.15, 0.2) is 10.7 Å². The molecule has 0 aromatic carbocycles. The van der Waals surface area contributed by atoms with E-state index in [9.17, 15) is 0 Å². The fourth-order valence-electron chi connectivity index (χ4n) is 1.60. The Labute approximate surface area is 96.5 Å². The first-order valence-corrected chi connectivity index (χ1v) is 6.05. The Morgan fingerprint density at radius 1 is 1.64 bits per heavy atom. The first-order valence-electron chi connectivity index (χ1n) is 4.73. The molecule has 1 aliphatic heterocycles. The van der Waals surface area contributed by atoms with Crippen molar-refractivity contribution in [3.05, 3.63) is 16.4 Å². The van der Waals surface area contributed by atoms with E-state index in [1.807, 2.05) is 10.7 Å². The molecule has 5 heteroatoms. The highest BCUT2D eigenvalue weighted by Gasteiger charge is 2.19. The second kappa shape index (κ2) is 4.64. The van der Waals surface area contributed by atoms with Crippen molar-refractivity contribution in [3.8, 4) is 0 Å². The predicted molar refractivity (Wildman–Crippen MR) is 58.3 cm³/mol. The summed E-state index contributed by atoms with van der Waals surface area (Å²) in [5.74, 6) is 0.443. The molecule has 78 valence electrons. The lowest BCUT2D eigenvalue weighted by molar-refractivity contribution is -0.0410. The Balaban J connectivity index is 2.17.